The lowest BCUT2D eigenvalue weighted by atomic mass is 10.1. The number of piperazine rings is 1. The molecule has 6 nitrogen and oxygen atoms in total. The van der Waals surface area contributed by atoms with E-state index < -0.39 is 5.82 Å². The van der Waals surface area contributed by atoms with Gasteiger partial charge in [0.1, 0.15) is 5.82 Å². The Balaban J connectivity index is 1.60. The minimum Gasteiger partial charge on any atom is -0.366 e. The SMILES string of the molecule is CCN1CC(C(=O)N2CCN(c3ccc(C#N)cc3F)CC2)CC1=O. The average Bonchev–Trinajstić information content (AvgIpc) is 3.02. The van der Waals surface area contributed by atoms with Crippen molar-refractivity contribution in [2.75, 3.05) is 44.2 Å². The molecule has 0 saturated carbocycles. The summed E-state index contributed by atoms with van der Waals surface area (Å²) in [7, 11) is 0. The number of carbonyl (C=O) groups excluding carboxylic acids is 2. The fourth-order valence-corrected chi connectivity index (χ4v) is 3.50. The molecule has 7 heteroatoms. The second kappa shape index (κ2) is 7.09. The number of carbonyl (C=O) groups is 2. The van der Waals surface area contributed by atoms with Gasteiger partial charge in [-0.25, -0.2) is 4.39 Å². The molecule has 2 fully saturated rings. The number of nitriles is 1. The first kappa shape index (κ1) is 17.2. The maximum atomic E-state index is 14.1. The quantitative estimate of drug-likeness (QED) is 0.827. The summed E-state index contributed by atoms with van der Waals surface area (Å²) in [5, 5.41) is 8.82. The van der Waals surface area contributed by atoms with Crippen molar-refractivity contribution in [1.29, 1.82) is 5.26 Å². The normalized spacial score (nSPS) is 20.8. The number of nitrogens with zero attached hydrogens (tertiary/aromatic N) is 4. The van der Waals surface area contributed by atoms with E-state index in [1.54, 1.807) is 21.9 Å². The summed E-state index contributed by atoms with van der Waals surface area (Å²) in [6, 6.07) is 6.36. The molecule has 1 unspecified atom stereocenters. The summed E-state index contributed by atoms with van der Waals surface area (Å²) in [5.41, 5.74) is 0.751. The van der Waals surface area contributed by atoms with Gasteiger partial charge in [-0.15, -0.1) is 0 Å². The van der Waals surface area contributed by atoms with Crippen LogP contribution < -0.4 is 4.90 Å². The van der Waals surface area contributed by atoms with Crippen LogP contribution in [0.2, 0.25) is 0 Å². The van der Waals surface area contributed by atoms with Gasteiger partial charge in [-0.05, 0) is 25.1 Å². The Hall–Kier alpha value is -2.62. The van der Waals surface area contributed by atoms with Gasteiger partial charge in [-0.1, -0.05) is 0 Å². The van der Waals surface area contributed by atoms with E-state index in [-0.39, 0.29) is 24.2 Å². The molecule has 132 valence electrons. The Bertz CT molecular complexity index is 722. The van der Waals surface area contributed by atoms with E-state index in [1.165, 1.54) is 6.07 Å². The highest BCUT2D eigenvalue weighted by Crippen LogP contribution is 2.24. The van der Waals surface area contributed by atoms with Crippen molar-refractivity contribution in [3.63, 3.8) is 0 Å². The third-order valence-corrected chi connectivity index (χ3v) is 4.95. The van der Waals surface area contributed by atoms with Crippen LogP contribution >= 0.6 is 0 Å². The van der Waals surface area contributed by atoms with Crippen molar-refractivity contribution in [3.8, 4) is 6.07 Å². The molecule has 0 bridgehead atoms. The summed E-state index contributed by atoms with van der Waals surface area (Å²) in [5.74, 6) is -0.618. The molecular weight excluding hydrogens is 323 g/mol. The van der Waals surface area contributed by atoms with Gasteiger partial charge in [0, 0.05) is 45.7 Å². The number of halogens is 1. The molecule has 0 aliphatic carbocycles. The molecule has 0 radical (unpaired) electrons. The lowest BCUT2D eigenvalue weighted by molar-refractivity contribution is -0.136. The molecule has 1 aromatic rings. The fourth-order valence-electron chi connectivity index (χ4n) is 3.50. The van der Waals surface area contributed by atoms with E-state index in [1.807, 2.05) is 17.9 Å². The van der Waals surface area contributed by atoms with Crippen LogP contribution in [0.4, 0.5) is 10.1 Å². The molecule has 0 N–H and O–H groups in total. The Morgan fingerprint density at radius 3 is 2.60 bits per heavy atom. The van der Waals surface area contributed by atoms with Crippen LogP contribution in [0.15, 0.2) is 18.2 Å². The van der Waals surface area contributed by atoms with Crippen molar-refractivity contribution in [2.45, 2.75) is 13.3 Å². The van der Waals surface area contributed by atoms with Crippen molar-refractivity contribution < 1.29 is 14.0 Å². The minimum atomic E-state index is -0.418. The standard InChI is InChI=1S/C18H21FN4O2/c1-2-21-12-14(10-17(21)24)18(25)23-7-5-22(6-8-23)16-4-3-13(11-20)9-15(16)19/h3-4,9,14H,2,5-8,10,12H2,1H3. The zero-order valence-electron chi connectivity index (χ0n) is 14.2. The maximum Gasteiger partial charge on any atom is 0.228 e. The number of hydrogen-bond acceptors (Lipinski definition) is 4. The van der Waals surface area contributed by atoms with E-state index >= 15 is 0 Å². The lowest BCUT2D eigenvalue weighted by Crippen LogP contribution is -2.51. The van der Waals surface area contributed by atoms with Gasteiger partial charge in [-0.3, -0.25) is 9.59 Å². The van der Waals surface area contributed by atoms with Crippen molar-refractivity contribution >= 4 is 17.5 Å². The van der Waals surface area contributed by atoms with Crippen molar-refractivity contribution in [2.24, 2.45) is 5.92 Å². The number of rotatable bonds is 3. The Morgan fingerprint density at radius 1 is 1.32 bits per heavy atom. The van der Waals surface area contributed by atoms with E-state index in [2.05, 4.69) is 0 Å². The summed E-state index contributed by atoms with van der Waals surface area (Å²) in [6.45, 7) is 5.13. The van der Waals surface area contributed by atoms with Gasteiger partial charge < -0.3 is 14.7 Å². The number of likely N-dealkylation sites (tertiary alicyclic amines) is 1. The van der Waals surface area contributed by atoms with E-state index in [4.69, 9.17) is 5.26 Å². The summed E-state index contributed by atoms with van der Waals surface area (Å²) >= 11 is 0. The molecule has 1 aromatic carbocycles. The third-order valence-electron chi connectivity index (χ3n) is 4.95. The maximum absolute atomic E-state index is 14.1. The van der Waals surface area contributed by atoms with Gasteiger partial charge in [0.25, 0.3) is 0 Å². The van der Waals surface area contributed by atoms with Crippen LogP contribution in [0.25, 0.3) is 0 Å². The largest absolute Gasteiger partial charge is 0.366 e. The molecule has 2 amide bonds. The van der Waals surface area contributed by atoms with Gasteiger partial charge in [0.05, 0.1) is 23.2 Å². The summed E-state index contributed by atoms with van der Waals surface area (Å²) in [4.78, 5) is 29.8. The molecule has 1 atom stereocenters. The Labute approximate surface area is 146 Å². The summed E-state index contributed by atoms with van der Waals surface area (Å²) < 4.78 is 14.1. The Morgan fingerprint density at radius 2 is 2.04 bits per heavy atom. The lowest BCUT2D eigenvalue weighted by Gasteiger charge is -2.37. The fraction of sp³-hybridized carbons (Fsp3) is 0.500. The van der Waals surface area contributed by atoms with Crippen LogP contribution in [0.3, 0.4) is 0 Å². The predicted molar refractivity (Wildman–Crippen MR) is 90.3 cm³/mol. The van der Waals surface area contributed by atoms with Gasteiger partial charge in [-0.2, -0.15) is 5.26 Å². The van der Waals surface area contributed by atoms with Gasteiger partial charge in [0.2, 0.25) is 11.8 Å². The first-order chi connectivity index (χ1) is 12.0. The van der Waals surface area contributed by atoms with Gasteiger partial charge in [0.15, 0.2) is 0 Å². The molecule has 25 heavy (non-hydrogen) atoms. The van der Waals surface area contributed by atoms with Crippen LogP contribution in [-0.4, -0.2) is 60.9 Å². The molecule has 2 saturated heterocycles. The van der Waals surface area contributed by atoms with Gasteiger partial charge >= 0.3 is 0 Å². The smallest absolute Gasteiger partial charge is 0.228 e. The molecule has 2 aliphatic heterocycles. The van der Waals surface area contributed by atoms with Crippen LogP contribution in [0.5, 0.6) is 0 Å². The highest BCUT2D eigenvalue weighted by atomic mass is 19.1. The monoisotopic (exact) mass is 344 g/mol. The predicted octanol–water partition coefficient (Wildman–Crippen LogP) is 1.21. The molecule has 2 aliphatic rings. The number of anilines is 1. The summed E-state index contributed by atoms with van der Waals surface area (Å²) in [6.07, 6.45) is 0.289. The highest BCUT2D eigenvalue weighted by molar-refractivity contribution is 5.89. The van der Waals surface area contributed by atoms with E-state index in [0.29, 0.717) is 50.5 Å². The van der Waals surface area contributed by atoms with Crippen LogP contribution in [0, 0.1) is 23.1 Å². The zero-order chi connectivity index (χ0) is 18.0. The molecule has 0 aromatic heterocycles. The minimum absolute atomic E-state index is 0.0178. The van der Waals surface area contributed by atoms with Crippen LogP contribution in [0.1, 0.15) is 18.9 Å². The van der Waals surface area contributed by atoms with Crippen LogP contribution in [-0.2, 0) is 9.59 Å². The first-order valence-corrected chi connectivity index (χ1v) is 8.54. The zero-order valence-corrected chi connectivity index (χ0v) is 14.2. The van der Waals surface area contributed by atoms with Crippen molar-refractivity contribution in [1.82, 2.24) is 9.80 Å². The molecule has 0 spiro atoms. The molecule has 3 rings (SSSR count). The number of benzene rings is 1. The van der Waals surface area contributed by atoms with Crippen molar-refractivity contribution in [3.05, 3.63) is 29.6 Å². The second-order valence-electron chi connectivity index (χ2n) is 6.42. The Kier molecular flexibility index (Phi) is 4.88. The van der Waals surface area contributed by atoms with E-state index in [9.17, 15) is 14.0 Å². The second-order valence-corrected chi connectivity index (χ2v) is 6.42. The third kappa shape index (κ3) is 3.43. The number of amides is 2. The topological polar surface area (TPSA) is 67.7 Å². The highest BCUT2D eigenvalue weighted by Gasteiger charge is 2.36. The molecule has 2 heterocycles. The molecular formula is C18H21FN4O2. The first-order valence-electron chi connectivity index (χ1n) is 8.54. The average molecular weight is 344 g/mol. The van der Waals surface area contributed by atoms with E-state index in [0.717, 1.165) is 0 Å². The number of hydrogen-bond donors (Lipinski definition) is 0.